The fraction of sp³-hybridized carbons (Fsp3) is 0.308. The van der Waals surface area contributed by atoms with E-state index in [2.05, 4.69) is 11.5 Å². The van der Waals surface area contributed by atoms with Crippen LogP contribution in [0, 0.1) is 0 Å². The maximum Gasteiger partial charge on any atom is 0.337 e. The molecule has 1 N–H and O–H groups in total. The molecule has 0 radical (unpaired) electrons. The van der Waals surface area contributed by atoms with E-state index < -0.39 is 5.97 Å². The Hall–Kier alpha value is -1.48. The van der Waals surface area contributed by atoms with Crippen molar-refractivity contribution in [3.8, 4) is 0 Å². The standard InChI is InChI=1S/C13H14ClNO2/c1-2-7-15(10-4-5-10)12-6-3-9(14)8-11(12)13(16)17/h2-3,6,8,10H,1,4-5,7H2,(H,16,17). The van der Waals surface area contributed by atoms with Crippen LogP contribution in [0.4, 0.5) is 5.69 Å². The summed E-state index contributed by atoms with van der Waals surface area (Å²) >= 11 is 5.84. The normalized spacial score (nSPS) is 14.4. The van der Waals surface area contributed by atoms with Crippen molar-refractivity contribution in [2.45, 2.75) is 18.9 Å². The van der Waals surface area contributed by atoms with E-state index in [1.807, 2.05) is 0 Å². The molecule has 0 spiro atoms. The van der Waals surface area contributed by atoms with Gasteiger partial charge in [0.1, 0.15) is 0 Å². The van der Waals surface area contributed by atoms with Crippen molar-refractivity contribution in [1.82, 2.24) is 0 Å². The number of hydrogen-bond donors (Lipinski definition) is 1. The number of carboxylic acid groups (broad SMARTS) is 1. The minimum absolute atomic E-state index is 0.256. The van der Waals surface area contributed by atoms with Gasteiger partial charge in [0.2, 0.25) is 0 Å². The van der Waals surface area contributed by atoms with Crippen molar-refractivity contribution in [3.63, 3.8) is 0 Å². The fourth-order valence-corrected chi connectivity index (χ4v) is 2.07. The Morgan fingerprint density at radius 2 is 2.29 bits per heavy atom. The number of benzene rings is 1. The molecule has 0 amide bonds. The zero-order chi connectivity index (χ0) is 12.4. The molecule has 0 heterocycles. The van der Waals surface area contributed by atoms with Crippen LogP contribution in [0.1, 0.15) is 23.2 Å². The van der Waals surface area contributed by atoms with E-state index in [0.717, 1.165) is 18.5 Å². The molecule has 4 heteroatoms. The molecular formula is C13H14ClNO2. The van der Waals surface area contributed by atoms with Gasteiger partial charge in [-0.15, -0.1) is 6.58 Å². The van der Waals surface area contributed by atoms with Crippen LogP contribution in [-0.4, -0.2) is 23.7 Å². The van der Waals surface area contributed by atoms with Crippen LogP contribution in [-0.2, 0) is 0 Å². The Kier molecular flexibility index (Phi) is 3.38. The summed E-state index contributed by atoms with van der Waals surface area (Å²) in [5, 5.41) is 9.64. The van der Waals surface area contributed by atoms with Crippen LogP contribution in [0.5, 0.6) is 0 Å². The van der Waals surface area contributed by atoms with Crippen molar-refractivity contribution < 1.29 is 9.90 Å². The van der Waals surface area contributed by atoms with Crippen LogP contribution < -0.4 is 4.90 Å². The first-order valence-electron chi connectivity index (χ1n) is 5.54. The molecule has 2 rings (SSSR count). The van der Waals surface area contributed by atoms with Crippen LogP contribution in [0.15, 0.2) is 30.9 Å². The Morgan fingerprint density at radius 3 is 2.82 bits per heavy atom. The lowest BCUT2D eigenvalue weighted by molar-refractivity contribution is 0.0697. The lowest BCUT2D eigenvalue weighted by Crippen LogP contribution is -2.27. The van der Waals surface area contributed by atoms with Gasteiger partial charge in [-0.2, -0.15) is 0 Å². The number of carbonyl (C=O) groups is 1. The molecule has 0 aliphatic heterocycles. The van der Waals surface area contributed by atoms with Gasteiger partial charge in [-0.3, -0.25) is 0 Å². The van der Waals surface area contributed by atoms with E-state index >= 15 is 0 Å². The number of hydrogen-bond acceptors (Lipinski definition) is 2. The predicted octanol–water partition coefficient (Wildman–Crippen LogP) is 3.19. The highest BCUT2D eigenvalue weighted by Gasteiger charge is 2.30. The van der Waals surface area contributed by atoms with Gasteiger partial charge in [0.15, 0.2) is 0 Å². The highest BCUT2D eigenvalue weighted by Crippen LogP contribution is 2.34. The highest BCUT2D eigenvalue weighted by molar-refractivity contribution is 6.31. The van der Waals surface area contributed by atoms with E-state index in [4.69, 9.17) is 11.6 Å². The topological polar surface area (TPSA) is 40.5 Å². The SMILES string of the molecule is C=CCN(c1ccc(Cl)cc1C(=O)O)C1CC1. The van der Waals surface area contributed by atoms with Gasteiger partial charge in [0.25, 0.3) is 0 Å². The van der Waals surface area contributed by atoms with Crippen LogP contribution >= 0.6 is 11.6 Å². The Morgan fingerprint density at radius 1 is 1.59 bits per heavy atom. The van der Waals surface area contributed by atoms with Gasteiger partial charge in [0.05, 0.1) is 11.3 Å². The number of aromatic carboxylic acids is 1. The Bertz CT molecular complexity index is 455. The smallest absolute Gasteiger partial charge is 0.337 e. The molecule has 1 saturated carbocycles. The fourth-order valence-electron chi connectivity index (χ4n) is 1.90. The molecule has 1 fully saturated rings. The first-order valence-corrected chi connectivity index (χ1v) is 5.91. The van der Waals surface area contributed by atoms with Gasteiger partial charge in [-0.05, 0) is 31.0 Å². The molecule has 90 valence electrons. The molecule has 1 aromatic carbocycles. The van der Waals surface area contributed by atoms with Gasteiger partial charge in [-0.25, -0.2) is 4.79 Å². The van der Waals surface area contributed by atoms with Crippen molar-refractivity contribution in [2.24, 2.45) is 0 Å². The summed E-state index contributed by atoms with van der Waals surface area (Å²) in [5.41, 5.74) is 0.982. The molecule has 1 aromatic rings. The molecule has 1 aliphatic rings. The summed E-state index contributed by atoms with van der Waals surface area (Å²) in [6, 6.07) is 5.43. The minimum Gasteiger partial charge on any atom is -0.478 e. The zero-order valence-electron chi connectivity index (χ0n) is 9.40. The van der Waals surface area contributed by atoms with Gasteiger partial charge in [-0.1, -0.05) is 17.7 Å². The van der Waals surface area contributed by atoms with Crippen molar-refractivity contribution in [2.75, 3.05) is 11.4 Å². The monoisotopic (exact) mass is 251 g/mol. The predicted molar refractivity (Wildman–Crippen MR) is 69.0 cm³/mol. The third-order valence-electron chi connectivity index (χ3n) is 2.81. The van der Waals surface area contributed by atoms with Gasteiger partial charge in [0, 0.05) is 17.6 Å². The van der Waals surface area contributed by atoms with Gasteiger partial charge >= 0.3 is 5.97 Å². The van der Waals surface area contributed by atoms with Crippen molar-refractivity contribution in [3.05, 3.63) is 41.4 Å². The Balaban J connectivity index is 2.40. The molecule has 3 nitrogen and oxygen atoms in total. The molecular weight excluding hydrogens is 238 g/mol. The summed E-state index contributed by atoms with van der Waals surface area (Å²) in [6.45, 7) is 4.37. The average Bonchev–Trinajstić information content (AvgIpc) is 3.10. The number of nitrogens with zero attached hydrogens (tertiary/aromatic N) is 1. The Labute approximate surface area is 105 Å². The zero-order valence-corrected chi connectivity index (χ0v) is 10.2. The number of anilines is 1. The number of rotatable bonds is 5. The largest absolute Gasteiger partial charge is 0.478 e. The van der Waals surface area contributed by atoms with E-state index in [-0.39, 0.29) is 5.56 Å². The molecule has 0 unspecified atom stereocenters. The van der Waals surface area contributed by atoms with E-state index in [1.54, 1.807) is 18.2 Å². The van der Waals surface area contributed by atoms with Crippen LogP contribution in [0.2, 0.25) is 5.02 Å². The highest BCUT2D eigenvalue weighted by atomic mass is 35.5. The molecule has 0 aromatic heterocycles. The first-order chi connectivity index (χ1) is 8.13. The number of carboxylic acids is 1. The second kappa shape index (κ2) is 4.80. The average molecular weight is 252 g/mol. The number of halogens is 1. The summed E-state index contributed by atoms with van der Waals surface area (Å²) in [5.74, 6) is -0.947. The molecule has 0 atom stereocenters. The second-order valence-electron chi connectivity index (χ2n) is 4.14. The second-order valence-corrected chi connectivity index (χ2v) is 4.58. The lowest BCUT2D eigenvalue weighted by atomic mass is 10.1. The third kappa shape index (κ3) is 2.61. The van der Waals surface area contributed by atoms with Crippen LogP contribution in [0.25, 0.3) is 0 Å². The third-order valence-corrected chi connectivity index (χ3v) is 3.05. The maximum absolute atomic E-state index is 11.2. The first kappa shape index (κ1) is 12.0. The summed E-state index contributed by atoms with van der Waals surface area (Å²) < 4.78 is 0. The van der Waals surface area contributed by atoms with E-state index in [9.17, 15) is 9.90 Å². The van der Waals surface area contributed by atoms with Crippen molar-refractivity contribution in [1.29, 1.82) is 0 Å². The van der Waals surface area contributed by atoms with E-state index in [1.165, 1.54) is 6.07 Å². The molecule has 0 bridgehead atoms. The molecule has 17 heavy (non-hydrogen) atoms. The van der Waals surface area contributed by atoms with E-state index in [0.29, 0.717) is 17.6 Å². The quantitative estimate of drug-likeness (QED) is 0.817. The summed E-state index contributed by atoms with van der Waals surface area (Å²) in [4.78, 5) is 13.3. The van der Waals surface area contributed by atoms with Crippen molar-refractivity contribution >= 4 is 23.3 Å². The van der Waals surface area contributed by atoms with Crippen LogP contribution in [0.3, 0.4) is 0 Å². The minimum atomic E-state index is -0.947. The molecule has 1 aliphatic carbocycles. The summed E-state index contributed by atoms with van der Waals surface area (Å²) in [7, 11) is 0. The summed E-state index contributed by atoms with van der Waals surface area (Å²) in [6.07, 6.45) is 4.00. The lowest BCUT2D eigenvalue weighted by Gasteiger charge is -2.24. The molecule has 0 saturated heterocycles. The van der Waals surface area contributed by atoms with Gasteiger partial charge < -0.3 is 10.0 Å². The maximum atomic E-state index is 11.2.